The van der Waals surface area contributed by atoms with Crippen molar-refractivity contribution >= 4 is 44.5 Å². The standard InChI is InChI=1S/C45H55BrN4O5/c1-8-28-20-29-23-42(5,37-31(13-17-49(24-28)25-29)32-21-30(46)11-12-35(32)47-37)33-22-34-36(19-26(33)3)48(6)39-44(34)15-18-50-16-10-14-43(9-2,38(44)50)40(55-27(4)51)45(39,53)41(52)54-7/h10-12,14,19-22,29,38-40,47,53H,8-9,13,15-18,23-25H2,1-7H3/t29-,38-,39?,40+,42+,43+,44+,45-/m0/s1. The van der Waals surface area contributed by atoms with Crippen LogP contribution < -0.4 is 4.90 Å². The molecule has 6 aliphatic rings. The van der Waals surface area contributed by atoms with Crippen molar-refractivity contribution in [3.8, 4) is 0 Å². The Morgan fingerprint density at radius 3 is 2.64 bits per heavy atom. The molecular weight excluding hydrogens is 756 g/mol. The minimum absolute atomic E-state index is 0.121. The third kappa shape index (κ3) is 4.93. The Bertz CT molecular complexity index is 2180. The Morgan fingerprint density at radius 2 is 1.91 bits per heavy atom. The zero-order chi connectivity index (χ0) is 38.8. The number of hydrogen-bond donors (Lipinski definition) is 2. The second-order valence-corrected chi connectivity index (χ2v) is 18.6. The van der Waals surface area contributed by atoms with Crippen LogP contribution in [0.25, 0.3) is 10.9 Å². The molecule has 6 heterocycles. The fourth-order valence-electron chi connectivity index (χ4n) is 13.0. The van der Waals surface area contributed by atoms with E-state index in [9.17, 15) is 14.7 Å². The molecule has 2 unspecified atom stereocenters. The molecule has 0 radical (unpaired) electrons. The van der Waals surface area contributed by atoms with E-state index in [2.05, 4.69) is 112 Å². The number of aromatic amines is 1. The zero-order valence-corrected chi connectivity index (χ0v) is 34.9. The van der Waals surface area contributed by atoms with Gasteiger partial charge in [-0.25, -0.2) is 4.79 Å². The molecule has 2 N–H and O–H groups in total. The maximum absolute atomic E-state index is 14.3. The number of H-pyrrole nitrogens is 1. The summed E-state index contributed by atoms with van der Waals surface area (Å²) in [6.07, 6.45) is 9.98. The van der Waals surface area contributed by atoms with Crippen LogP contribution in [0.1, 0.15) is 81.3 Å². The maximum Gasteiger partial charge on any atom is 0.344 e. The van der Waals surface area contributed by atoms with Crippen molar-refractivity contribution in [2.24, 2.45) is 11.3 Å². The first-order valence-electron chi connectivity index (χ1n) is 20.3. The number of aliphatic hydroxyl groups is 1. The Kier molecular flexibility index (Phi) is 8.64. The van der Waals surface area contributed by atoms with E-state index >= 15 is 0 Å². The van der Waals surface area contributed by atoms with Gasteiger partial charge in [0.1, 0.15) is 0 Å². The molecule has 5 aliphatic heterocycles. The van der Waals surface area contributed by atoms with Crippen molar-refractivity contribution in [3.63, 3.8) is 0 Å². The smallest absolute Gasteiger partial charge is 0.344 e. The first-order chi connectivity index (χ1) is 26.3. The Hall–Kier alpha value is -3.44. The highest BCUT2D eigenvalue weighted by molar-refractivity contribution is 9.10. The number of nitrogens with one attached hydrogen (secondary N) is 1. The summed E-state index contributed by atoms with van der Waals surface area (Å²) in [6, 6.07) is 10.5. The highest BCUT2D eigenvalue weighted by Crippen LogP contribution is 2.68. The molecule has 2 aromatic carbocycles. The Balaban J connectivity index is 1.31. The number of fused-ring (bicyclic) bond motifs is 6. The van der Waals surface area contributed by atoms with Crippen LogP contribution in [0.5, 0.6) is 0 Å². The van der Waals surface area contributed by atoms with Gasteiger partial charge in [-0.05, 0) is 105 Å². The van der Waals surface area contributed by atoms with E-state index in [4.69, 9.17) is 9.47 Å². The summed E-state index contributed by atoms with van der Waals surface area (Å²) >= 11 is 3.79. The second-order valence-electron chi connectivity index (χ2n) is 17.7. The molecule has 55 heavy (non-hydrogen) atoms. The van der Waals surface area contributed by atoms with Gasteiger partial charge in [0.15, 0.2) is 6.10 Å². The lowest BCUT2D eigenvalue weighted by Gasteiger charge is -2.63. The Labute approximate surface area is 333 Å². The third-order valence-corrected chi connectivity index (χ3v) is 15.5. The van der Waals surface area contributed by atoms with Gasteiger partial charge in [0.2, 0.25) is 5.60 Å². The molecule has 1 aliphatic carbocycles. The SMILES string of the molecule is CCC1=C[C@@H]2CN(CCc3c([nH]c4ccc(Br)cc34)[C@@](C)(c3cc4c(cc3C)N(C)C3[C@]45CCN4CC=C[C@@](CC)([C@@H](OC(C)=O)[C@]3(O)C(=O)OC)[C@H]45)C2)C1. The number of carbonyl (C=O) groups excluding carboxylic acids is 2. The topological polar surface area (TPSA) is 98.3 Å². The van der Waals surface area contributed by atoms with Gasteiger partial charge in [0.25, 0.3) is 0 Å². The maximum atomic E-state index is 14.3. The number of likely N-dealkylation sites (N-methyl/N-ethyl adjacent to an activating group) is 1. The van der Waals surface area contributed by atoms with Gasteiger partial charge < -0.3 is 24.5 Å². The number of hydrogen-bond acceptors (Lipinski definition) is 8. The summed E-state index contributed by atoms with van der Waals surface area (Å²) in [7, 11) is 3.32. The van der Waals surface area contributed by atoms with Crippen molar-refractivity contribution in [1.82, 2.24) is 14.8 Å². The normalized spacial score (nSPS) is 36.2. The predicted molar refractivity (Wildman–Crippen MR) is 218 cm³/mol. The molecule has 2 fully saturated rings. The summed E-state index contributed by atoms with van der Waals surface area (Å²) in [4.78, 5) is 38.5. The van der Waals surface area contributed by atoms with Crippen molar-refractivity contribution in [2.75, 3.05) is 51.8 Å². The molecule has 9 rings (SSSR count). The fourth-order valence-corrected chi connectivity index (χ4v) is 13.4. The van der Waals surface area contributed by atoms with E-state index in [1.807, 2.05) is 7.05 Å². The van der Waals surface area contributed by atoms with Crippen LogP contribution in [0.15, 0.2) is 58.6 Å². The number of aryl methyl sites for hydroxylation is 1. The van der Waals surface area contributed by atoms with Crippen LogP contribution in [0.2, 0.25) is 0 Å². The summed E-state index contributed by atoms with van der Waals surface area (Å²) in [5, 5.41) is 14.5. The van der Waals surface area contributed by atoms with Gasteiger partial charge in [-0.2, -0.15) is 0 Å². The molecule has 2 bridgehead atoms. The Morgan fingerprint density at radius 1 is 1.11 bits per heavy atom. The average Bonchev–Trinajstić information content (AvgIpc) is 3.82. The van der Waals surface area contributed by atoms with Crippen molar-refractivity contribution < 1.29 is 24.2 Å². The first-order valence-corrected chi connectivity index (χ1v) is 21.1. The molecule has 0 amide bonds. The van der Waals surface area contributed by atoms with Crippen LogP contribution >= 0.6 is 15.9 Å². The van der Waals surface area contributed by atoms with Crippen LogP contribution in [-0.4, -0.2) is 102 Å². The number of aromatic nitrogens is 1. The summed E-state index contributed by atoms with van der Waals surface area (Å²) in [6.45, 7) is 15.1. The number of nitrogens with zero attached hydrogens (tertiary/aromatic N) is 3. The lowest BCUT2D eigenvalue weighted by Crippen LogP contribution is -2.81. The number of benzene rings is 2. The highest BCUT2D eigenvalue weighted by Gasteiger charge is 2.80. The highest BCUT2D eigenvalue weighted by atomic mass is 79.9. The molecule has 292 valence electrons. The zero-order valence-electron chi connectivity index (χ0n) is 33.3. The molecule has 10 heteroatoms. The number of rotatable bonds is 5. The number of halogens is 1. The van der Waals surface area contributed by atoms with Crippen molar-refractivity contribution in [1.29, 1.82) is 0 Å². The van der Waals surface area contributed by atoms with E-state index in [1.54, 1.807) is 0 Å². The molecular formula is C45H55BrN4O5. The minimum Gasteiger partial charge on any atom is -0.467 e. The van der Waals surface area contributed by atoms with Gasteiger partial charge >= 0.3 is 11.9 Å². The number of esters is 2. The van der Waals surface area contributed by atoms with Crippen molar-refractivity contribution in [3.05, 3.63) is 86.6 Å². The average molecular weight is 812 g/mol. The van der Waals surface area contributed by atoms with Crippen molar-refractivity contribution in [2.45, 2.75) is 101 Å². The molecule has 1 aromatic heterocycles. The van der Waals surface area contributed by atoms with Crippen LogP contribution in [-0.2, 0) is 36.3 Å². The third-order valence-electron chi connectivity index (χ3n) is 15.0. The fraction of sp³-hybridized carbons (Fsp3) is 0.556. The van der Waals surface area contributed by atoms with Gasteiger partial charge in [-0.3, -0.25) is 14.6 Å². The van der Waals surface area contributed by atoms with Gasteiger partial charge in [0.05, 0.1) is 13.2 Å². The monoisotopic (exact) mass is 810 g/mol. The van der Waals surface area contributed by atoms with E-state index in [-0.39, 0.29) is 11.5 Å². The summed E-state index contributed by atoms with van der Waals surface area (Å²) < 4.78 is 12.8. The van der Waals surface area contributed by atoms with E-state index < -0.39 is 40.5 Å². The molecule has 9 atom stereocenters. The number of carbonyl (C=O) groups is 2. The van der Waals surface area contributed by atoms with Gasteiger partial charge in [0, 0.05) is 89.2 Å². The molecule has 1 spiro atoms. The summed E-state index contributed by atoms with van der Waals surface area (Å²) in [5.74, 6) is -0.912. The van der Waals surface area contributed by atoms with Crippen LogP contribution in [0, 0.1) is 18.3 Å². The lowest BCUT2D eigenvalue weighted by molar-refractivity contribution is -0.228. The van der Waals surface area contributed by atoms with E-state index in [1.165, 1.54) is 52.9 Å². The molecule has 1 saturated carbocycles. The summed E-state index contributed by atoms with van der Waals surface area (Å²) in [5.41, 5.74) is 5.96. The van der Waals surface area contributed by atoms with Gasteiger partial charge in [-0.15, -0.1) is 0 Å². The quantitative estimate of drug-likeness (QED) is 0.217. The molecule has 9 nitrogen and oxygen atoms in total. The van der Waals surface area contributed by atoms with Crippen LogP contribution in [0.3, 0.4) is 0 Å². The number of anilines is 1. The number of methoxy groups -OCH3 is 1. The van der Waals surface area contributed by atoms with Crippen LogP contribution in [0.4, 0.5) is 5.69 Å². The minimum atomic E-state index is -2.14. The second kappa shape index (κ2) is 12.8. The van der Waals surface area contributed by atoms with E-state index in [0.717, 1.165) is 74.1 Å². The van der Waals surface area contributed by atoms with Gasteiger partial charge in [-0.1, -0.05) is 59.6 Å². The largest absolute Gasteiger partial charge is 0.467 e. The lowest BCUT2D eigenvalue weighted by atomic mass is 9.47. The van der Waals surface area contributed by atoms with E-state index in [0.29, 0.717) is 12.3 Å². The number of ether oxygens (including phenoxy) is 2. The molecule has 1 saturated heterocycles. The predicted octanol–water partition coefficient (Wildman–Crippen LogP) is 6.71. The molecule has 3 aromatic rings. The first kappa shape index (κ1) is 37.2.